The van der Waals surface area contributed by atoms with Crippen LogP contribution in [0.4, 0.5) is 13.2 Å². The average molecular weight is 301 g/mol. The Balaban J connectivity index is 2.93. The summed E-state index contributed by atoms with van der Waals surface area (Å²) in [5, 5.41) is 10.0. The van der Waals surface area contributed by atoms with Gasteiger partial charge in [0.25, 0.3) is 0 Å². The van der Waals surface area contributed by atoms with E-state index in [0.717, 1.165) is 36.0 Å². The van der Waals surface area contributed by atoms with Gasteiger partial charge in [-0.1, -0.05) is 26.0 Å². The summed E-state index contributed by atoms with van der Waals surface area (Å²) in [7, 11) is 0. The van der Waals surface area contributed by atoms with Crippen molar-refractivity contribution < 1.29 is 18.0 Å². The van der Waals surface area contributed by atoms with Crippen LogP contribution >= 0.6 is 11.8 Å². The highest BCUT2D eigenvalue weighted by atomic mass is 32.2. The van der Waals surface area contributed by atoms with Crippen LogP contribution in [0.2, 0.25) is 0 Å². The number of hydrogen-bond acceptors (Lipinski definition) is 3. The maximum atomic E-state index is 12.4. The van der Waals surface area contributed by atoms with Crippen LogP contribution in [-0.4, -0.2) is 11.0 Å². The molecule has 0 aliphatic carbocycles. The Morgan fingerprint density at radius 1 is 1.30 bits per heavy atom. The molecule has 0 N–H and O–H groups in total. The predicted molar refractivity (Wildman–Crippen MR) is 72.2 cm³/mol. The normalized spacial score (nSPS) is 13.1. The second-order valence-corrected chi connectivity index (χ2v) is 5.75. The van der Waals surface area contributed by atoms with Gasteiger partial charge in [-0.05, 0) is 36.2 Å². The Morgan fingerprint density at radius 2 is 1.85 bits per heavy atom. The lowest BCUT2D eigenvalue weighted by Gasteiger charge is -2.14. The van der Waals surface area contributed by atoms with E-state index in [1.165, 1.54) is 0 Å². The number of alkyl halides is 3. The monoisotopic (exact) mass is 301 g/mol. The number of carbonyl (C=O) groups excluding carboxylic acids is 1. The molecule has 0 aromatic heterocycles. The van der Waals surface area contributed by atoms with Crippen LogP contribution in [-0.2, 0) is 6.18 Å². The molecular formula is C14H14F3NOS. The van der Waals surface area contributed by atoms with E-state index >= 15 is 0 Å². The molecule has 20 heavy (non-hydrogen) atoms. The number of thiocyanates is 1. The number of thioether (sulfide) groups is 1. The van der Waals surface area contributed by atoms with Gasteiger partial charge < -0.3 is 0 Å². The molecule has 1 atom stereocenters. The number of halogens is 3. The number of hydrogen-bond donors (Lipinski definition) is 0. The van der Waals surface area contributed by atoms with Crippen LogP contribution in [0.5, 0.6) is 0 Å². The van der Waals surface area contributed by atoms with Crippen LogP contribution in [0.3, 0.4) is 0 Å². The fourth-order valence-corrected chi connectivity index (χ4v) is 2.56. The van der Waals surface area contributed by atoms with E-state index in [2.05, 4.69) is 0 Å². The van der Waals surface area contributed by atoms with Crippen LogP contribution in [0, 0.1) is 16.6 Å². The van der Waals surface area contributed by atoms with Crippen molar-refractivity contribution in [3.8, 4) is 5.40 Å². The molecule has 108 valence electrons. The zero-order valence-corrected chi connectivity index (χ0v) is 11.9. The number of ketones is 1. The molecular weight excluding hydrogens is 287 g/mol. The van der Waals surface area contributed by atoms with E-state index in [1.54, 1.807) is 0 Å². The van der Waals surface area contributed by atoms with Crippen molar-refractivity contribution in [1.29, 1.82) is 5.26 Å². The zero-order chi connectivity index (χ0) is 15.3. The number of nitrogens with zero attached hydrogens (tertiary/aromatic N) is 1. The lowest BCUT2D eigenvalue weighted by Crippen LogP contribution is -2.19. The molecule has 0 fully saturated rings. The third-order valence-electron chi connectivity index (χ3n) is 2.67. The molecule has 0 heterocycles. The molecule has 1 rings (SSSR count). The van der Waals surface area contributed by atoms with Gasteiger partial charge in [-0.2, -0.15) is 18.4 Å². The van der Waals surface area contributed by atoms with Crippen LogP contribution in [0.1, 0.15) is 36.2 Å². The highest BCUT2D eigenvalue weighted by Gasteiger charge is 2.30. The zero-order valence-electron chi connectivity index (χ0n) is 11.1. The Bertz CT molecular complexity index is 503. The van der Waals surface area contributed by atoms with Crippen molar-refractivity contribution >= 4 is 17.5 Å². The van der Waals surface area contributed by atoms with Crippen LogP contribution < -0.4 is 0 Å². The van der Waals surface area contributed by atoms with Crippen LogP contribution in [0.15, 0.2) is 24.3 Å². The second kappa shape index (κ2) is 6.80. The summed E-state index contributed by atoms with van der Waals surface area (Å²) in [5.74, 6) is -0.0850. The molecule has 0 saturated carbocycles. The van der Waals surface area contributed by atoms with E-state index in [9.17, 15) is 18.0 Å². The fraction of sp³-hybridized carbons (Fsp3) is 0.429. The molecule has 2 nitrogen and oxygen atoms in total. The molecule has 6 heteroatoms. The minimum Gasteiger partial charge on any atom is -0.293 e. The van der Waals surface area contributed by atoms with Gasteiger partial charge in [0.1, 0.15) is 5.40 Å². The van der Waals surface area contributed by atoms with E-state index in [0.29, 0.717) is 6.42 Å². The minimum absolute atomic E-state index is 0.200. The van der Waals surface area contributed by atoms with E-state index in [1.807, 2.05) is 19.2 Å². The van der Waals surface area contributed by atoms with Gasteiger partial charge in [0.05, 0.1) is 10.8 Å². The summed E-state index contributed by atoms with van der Waals surface area (Å²) in [6.07, 6.45) is -3.90. The lowest BCUT2D eigenvalue weighted by molar-refractivity contribution is -0.137. The fourth-order valence-electron chi connectivity index (χ4n) is 1.71. The molecule has 1 aromatic carbocycles. The molecule has 0 aliphatic heterocycles. The highest BCUT2D eigenvalue weighted by molar-refractivity contribution is 8.05. The largest absolute Gasteiger partial charge is 0.416 e. The Kier molecular flexibility index (Phi) is 5.63. The Labute approximate surface area is 120 Å². The van der Waals surface area contributed by atoms with Crippen molar-refractivity contribution in [2.45, 2.75) is 31.7 Å². The van der Waals surface area contributed by atoms with Crippen molar-refractivity contribution in [1.82, 2.24) is 0 Å². The number of nitriles is 1. The minimum atomic E-state index is -4.42. The third-order valence-corrected chi connectivity index (χ3v) is 3.47. The quantitative estimate of drug-likeness (QED) is 0.593. The smallest absolute Gasteiger partial charge is 0.293 e. The summed E-state index contributed by atoms with van der Waals surface area (Å²) < 4.78 is 37.3. The van der Waals surface area contributed by atoms with Crippen molar-refractivity contribution in [3.05, 3.63) is 35.4 Å². The molecule has 1 aromatic rings. The Morgan fingerprint density at radius 3 is 2.25 bits per heavy atom. The average Bonchev–Trinajstić information content (AvgIpc) is 2.36. The maximum Gasteiger partial charge on any atom is 0.416 e. The first kappa shape index (κ1) is 16.6. The van der Waals surface area contributed by atoms with Gasteiger partial charge in [-0.25, -0.2) is 0 Å². The van der Waals surface area contributed by atoms with Crippen molar-refractivity contribution in [2.24, 2.45) is 5.92 Å². The van der Waals surface area contributed by atoms with Gasteiger partial charge in [-0.3, -0.25) is 4.79 Å². The molecule has 0 amide bonds. The summed E-state index contributed by atoms with van der Waals surface area (Å²) in [5.41, 5.74) is -0.589. The van der Waals surface area contributed by atoms with Gasteiger partial charge in [0, 0.05) is 5.56 Å². The summed E-state index contributed by atoms with van der Waals surface area (Å²) in [6, 6.07) is 4.10. The van der Waals surface area contributed by atoms with Crippen molar-refractivity contribution in [3.63, 3.8) is 0 Å². The third kappa shape index (κ3) is 4.57. The SMILES string of the molecule is CC(C)CC(SC#N)C(=O)c1ccc(C(F)(F)F)cc1. The Hall–Kier alpha value is -1.48. The number of Topliss-reactive ketones (excluding diaryl/α,β-unsaturated/α-hetero) is 1. The topological polar surface area (TPSA) is 40.9 Å². The standard InChI is InChI=1S/C14H14F3NOS/c1-9(2)7-12(20-8-18)13(19)10-3-5-11(6-4-10)14(15,16)17/h3-6,9,12H,7H2,1-2H3. The first-order valence-electron chi connectivity index (χ1n) is 6.02. The first-order valence-corrected chi connectivity index (χ1v) is 6.90. The number of carbonyl (C=O) groups is 1. The predicted octanol–water partition coefficient (Wildman–Crippen LogP) is 4.52. The molecule has 1 unspecified atom stereocenters. The van der Waals surface area contributed by atoms with E-state index < -0.39 is 17.0 Å². The van der Waals surface area contributed by atoms with E-state index in [-0.39, 0.29) is 17.3 Å². The number of rotatable bonds is 5. The maximum absolute atomic E-state index is 12.4. The molecule has 0 radical (unpaired) electrons. The summed E-state index contributed by atoms with van der Waals surface area (Å²) in [6.45, 7) is 3.84. The summed E-state index contributed by atoms with van der Waals surface area (Å²) in [4.78, 5) is 12.2. The van der Waals surface area contributed by atoms with Gasteiger partial charge >= 0.3 is 6.18 Å². The van der Waals surface area contributed by atoms with Gasteiger partial charge in [0.2, 0.25) is 0 Å². The molecule has 0 saturated heterocycles. The molecule has 0 bridgehead atoms. The van der Waals surface area contributed by atoms with Crippen molar-refractivity contribution in [2.75, 3.05) is 0 Å². The lowest BCUT2D eigenvalue weighted by atomic mass is 10.00. The second-order valence-electron chi connectivity index (χ2n) is 4.77. The summed E-state index contributed by atoms with van der Waals surface area (Å²) >= 11 is 0.851. The first-order chi connectivity index (χ1) is 9.25. The number of benzene rings is 1. The molecule has 0 aliphatic rings. The van der Waals surface area contributed by atoms with E-state index in [4.69, 9.17) is 5.26 Å². The molecule has 0 spiro atoms. The highest BCUT2D eigenvalue weighted by Crippen LogP contribution is 2.30. The van der Waals surface area contributed by atoms with Crippen LogP contribution in [0.25, 0.3) is 0 Å². The van der Waals surface area contributed by atoms with Gasteiger partial charge in [0.15, 0.2) is 5.78 Å². The van der Waals surface area contributed by atoms with Gasteiger partial charge in [-0.15, -0.1) is 0 Å².